The van der Waals surface area contributed by atoms with E-state index < -0.39 is 0 Å². The Balaban J connectivity index is 2.12. The Bertz CT molecular complexity index is 392. The van der Waals surface area contributed by atoms with Gasteiger partial charge in [-0.05, 0) is 31.0 Å². The molecule has 1 aromatic rings. The predicted octanol–water partition coefficient (Wildman–Crippen LogP) is 0.970. The van der Waals surface area contributed by atoms with Gasteiger partial charge in [0.2, 0.25) is 5.91 Å². The van der Waals surface area contributed by atoms with E-state index in [0.29, 0.717) is 6.54 Å². The lowest BCUT2D eigenvalue weighted by Gasteiger charge is -2.33. The largest absolute Gasteiger partial charge is 0.399 e. The van der Waals surface area contributed by atoms with Gasteiger partial charge in [0.15, 0.2) is 0 Å². The molecule has 1 heterocycles. The highest BCUT2D eigenvalue weighted by Gasteiger charge is 2.23. The molecule has 4 N–H and O–H groups in total. The molecule has 1 amide bonds. The number of rotatable bonds is 2. The summed E-state index contributed by atoms with van der Waals surface area (Å²) in [5, 5.41) is 0. The summed E-state index contributed by atoms with van der Waals surface area (Å²) in [7, 11) is 0. The topological polar surface area (TPSA) is 72.4 Å². The maximum Gasteiger partial charge on any atom is 0.222 e. The summed E-state index contributed by atoms with van der Waals surface area (Å²) >= 11 is 0. The molecular weight excluding hydrogens is 202 g/mol. The summed E-state index contributed by atoms with van der Waals surface area (Å²) in [6, 6.07) is 7.74. The highest BCUT2D eigenvalue weighted by atomic mass is 16.1. The summed E-state index contributed by atoms with van der Waals surface area (Å²) in [5.41, 5.74) is 12.9. The Morgan fingerprint density at radius 3 is 2.94 bits per heavy atom. The van der Waals surface area contributed by atoms with Crippen LogP contribution in [0.3, 0.4) is 0 Å². The number of piperidine rings is 1. The fraction of sp³-hybridized carbons (Fsp3) is 0.417. The van der Waals surface area contributed by atoms with Crippen molar-refractivity contribution in [3.63, 3.8) is 0 Å². The monoisotopic (exact) mass is 219 g/mol. The van der Waals surface area contributed by atoms with E-state index in [1.807, 2.05) is 24.3 Å². The van der Waals surface area contributed by atoms with Gasteiger partial charge in [0, 0.05) is 24.5 Å². The van der Waals surface area contributed by atoms with Crippen LogP contribution >= 0.6 is 0 Å². The van der Waals surface area contributed by atoms with Gasteiger partial charge in [-0.1, -0.05) is 6.07 Å². The van der Waals surface area contributed by atoms with Gasteiger partial charge in [0.25, 0.3) is 0 Å². The molecule has 4 heteroatoms. The number of benzene rings is 1. The van der Waals surface area contributed by atoms with Gasteiger partial charge in [0.1, 0.15) is 0 Å². The molecule has 1 aliphatic rings. The fourth-order valence-electron chi connectivity index (χ4n) is 2.17. The van der Waals surface area contributed by atoms with E-state index in [1.54, 1.807) is 0 Å². The third-order valence-electron chi connectivity index (χ3n) is 3.06. The van der Waals surface area contributed by atoms with Gasteiger partial charge in [-0.25, -0.2) is 0 Å². The normalized spacial score (nSPS) is 20.8. The second kappa shape index (κ2) is 4.43. The van der Waals surface area contributed by atoms with E-state index in [1.165, 1.54) is 0 Å². The number of primary amides is 1. The Hall–Kier alpha value is -1.71. The first-order valence-electron chi connectivity index (χ1n) is 5.56. The van der Waals surface area contributed by atoms with Crippen LogP contribution < -0.4 is 16.4 Å². The number of nitrogen functional groups attached to an aromatic ring is 1. The van der Waals surface area contributed by atoms with Crippen molar-refractivity contribution in [1.29, 1.82) is 0 Å². The SMILES string of the molecule is NC(=O)C1CCCN(c2cccc(N)c2)C1. The lowest BCUT2D eigenvalue weighted by Crippen LogP contribution is -2.41. The van der Waals surface area contributed by atoms with Crippen molar-refractivity contribution in [2.24, 2.45) is 11.7 Å². The Morgan fingerprint density at radius 2 is 2.25 bits per heavy atom. The van der Waals surface area contributed by atoms with E-state index in [9.17, 15) is 4.79 Å². The molecule has 16 heavy (non-hydrogen) atoms. The zero-order valence-corrected chi connectivity index (χ0v) is 9.23. The predicted molar refractivity (Wildman–Crippen MR) is 65.0 cm³/mol. The van der Waals surface area contributed by atoms with Crippen LogP contribution in [0.4, 0.5) is 11.4 Å². The van der Waals surface area contributed by atoms with Crippen LogP contribution in [0, 0.1) is 5.92 Å². The van der Waals surface area contributed by atoms with Crippen LogP contribution in [0.5, 0.6) is 0 Å². The number of anilines is 2. The van der Waals surface area contributed by atoms with Crippen LogP contribution in [-0.2, 0) is 4.79 Å². The van der Waals surface area contributed by atoms with Crippen molar-refractivity contribution in [3.05, 3.63) is 24.3 Å². The van der Waals surface area contributed by atoms with E-state index in [2.05, 4.69) is 4.90 Å². The lowest BCUT2D eigenvalue weighted by atomic mass is 9.97. The van der Waals surface area contributed by atoms with Crippen molar-refractivity contribution in [2.45, 2.75) is 12.8 Å². The molecule has 1 fully saturated rings. The first-order valence-corrected chi connectivity index (χ1v) is 5.56. The molecular formula is C12H17N3O. The summed E-state index contributed by atoms with van der Waals surface area (Å²) in [6.45, 7) is 1.67. The smallest absolute Gasteiger partial charge is 0.222 e. The maximum absolute atomic E-state index is 11.2. The van der Waals surface area contributed by atoms with Crippen LogP contribution in [0.15, 0.2) is 24.3 Å². The molecule has 2 rings (SSSR count). The number of hydrogen-bond acceptors (Lipinski definition) is 3. The Morgan fingerprint density at radius 1 is 1.44 bits per heavy atom. The average molecular weight is 219 g/mol. The van der Waals surface area contributed by atoms with Crippen LogP contribution in [0.1, 0.15) is 12.8 Å². The highest BCUT2D eigenvalue weighted by Crippen LogP contribution is 2.24. The second-order valence-corrected chi connectivity index (χ2v) is 4.28. The van der Waals surface area contributed by atoms with Gasteiger partial charge in [-0.2, -0.15) is 0 Å². The molecule has 1 aromatic carbocycles. The van der Waals surface area contributed by atoms with E-state index in [0.717, 1.165) is 30.8 Å². The third-order valence-corrected chi connectivity index (χ3v) is 3.06. The molecule has 0 spiro atoms. The van der Waals surface area contributed by atoms with Crippen LogP contribution in [0.25, 0.3) is 0 Å². The highest BCUT2D eigenvalue weighted by molar-refractivity contribution is 5.77. The fourth-order valence-corrected chi connectivity index (χ4v) is 2.17. The zero-order valence-electron chi connectivity index (χ0n) is 9.23. The van der Waals surface area contributed by atoms with Gasteiger partial charge >= 0.3 is 0 Å². The van der Waals surface area contributed by atoms with Gasteiger partial charge < -0.3 is 16.4 Å². The van der Waals surface area contributed by atoms with Crippen molar-refractivity contribution in [1.82, 2.24) is 0 Å². The molecule has 0 saturated carbocycles. The van der Waals surface area contributed by atoms with Gasteiger partial charge in [0.05, 0.1) is 5.92 Å². The molecule has 0 aromatic heterocycles. The number of nitrogens with zero attached hydrogens (tertiary/aromatic N) is 1. The molecule has 1 saturated heterocycles. The molecule has 4 nitrogen and oxygen atoms in total. The van der Waals surface area contributed by atoms with Gasteiger partial charge in [-0.15, -0.1) is 0 Å². The summed E-state index contributed by atoms with van der Waals surface area (Å²) < 4.78 is 0. The van der Waals surface area contributed by atoms with Gasteiger partial charge in [-0.3, -0.25) is 4.79 Å². The molecule has 1 unspecified atom stereocenters. The quantitative estimate of drug-likeness (QED) is 0.728. The number of nitrogens with two attached hydrogens (primary N) is 2. The number of carbonyl (C=O) groups is 1. The summed E-state index contributed by atoms with van der Waals surface area (Å²) in [6.07, 6.45) is 1.90. The minimum absolute atomic E-state index is 0.0322. The summed E-state index contributed by atoms with van der Waals surface area (Å²) in [5.74, 6) is -0.233. The van der Waals surface area contributed by atoms with Crippen molar-refractivity contribution in [3.8, 4) is 0 Å². The van der Waals surface area contributed by atoms with E-state index >= 15 is 0 Å². The average Bonchev–Trinajstić information content (AvgIpc) is 2.29. The molecule has 86 valence electrons. The number of hydrogen-bond donors (Lipinski definition) is 2. The van der Waals surface area contributed by atoms with E-state index in [4.69, 9.17) is 11.5 Å². The first-order chi connectivity index (χ1) is 7.66. The van der Waals surface area contributed by atoms with Crippen molar-refractivity contribution < 1.29 is 4.79 Å². The molecule has 0 radical (unpaired) electrons. The Kier molecular flexibility index (Phi) is 2.99. The molecule has 1 aliphatic heterocycles. The Labute approximate surface area is 95.2 Å². The van der Waals surface area contributed by atoms with Crippen LogP contribution in [0.2, 0.25) is 0 Å². The standard InChI is InChI=1S/C12H17N3O/c13-10-4-1-5-11(7-10)15-6-2-3-9(8-15)12(14)16/h1,4-5,7,9H,2-3,6,8,13H2,(H2,14,16). The third kappa shape index (κ3) is 2.27. The molecule has 0 aliphatic carbocycles. The van der Waals surface area contributed by atoms with Crippen molar-refractivity contribution in [2.75, 3.05) is 23.7 Å². The zero-order chi connectivity index (χ0) is 11.5. The lowest BCUT2D eigenvalue weighted by molar-refractivity contribution is -0.122. The molecule has 1 atom stereocenters. The minimum Gasteiger partial charge on any atom is -0.399 e. The van der Waals surface area contributed by atoms with Crippen molar-refractivity contribution >= 4 is 17.3 Å². The number of amides is 1. The van der Waals surface area contributed by atoms with E-state index in [-0.39, 0.29) is 11.8 Å². The first kappa shape index (κ1) is 10.8. The minimum atomic E-state index is -0.200. The maximum atomic E-state index is 11.2. The summed E-state index contributed by atoms with van der Waals surface area (Å²) in [4.78, 5) is 13.3. The molecule has 0 bridgehead atoms. The number of carbonyl (C=O) groups excluding carboxylic acids is 1. The second-order valence-electron chi connectivity index (χ2n) is 4.28. The van der Waals surface area contributed by atoms with Crippen LogP contribution in [-0.4, -0.2) is 19.0 Å².